The summed E-state index contributed by atoms with van der Waals surface area (Å²) in [6.45, 7) is 0. The van der Waals surface area contributed by atoms with Crippen molar-refractivity contribution in [2.75, 3.05) is 12.4 Å². The van der Waals surface area contributed by atoms with E-state index in [9.17, 15) is 14.7 Å². The Morgan fingerprint density at radius 1 is 1.10 bits per heavy atom. The number of methoxy groups -OCH3 is 1. The monoisotopic (exact) mass is 469 g/mol. The first-order valence-electron chi connectivity index (χ1n) is 9.14. The van der Waals surface area contributed by atoms with E-state index in [1.54, 1.807) is 12.1 Å². The predicted molar refractivity (Wildman–Crippen MR) is 120 cm³/mol. The summed E-state index contributed by atoms with van der Waals surface area (Å²) in [4.78, 5) is 24.2. The van der Waals surface area contributed by atoms with Crippen LogP contribution in [-0.4, -0.2) is 30.2 Å². The third-order valence-electron chi connectivity index (χ3n) is 4.32. The highest BCUT2D eigenvalue weighted by Gasteiger charge is 2.09. The minimum Gasteiger partial charge on any atom is -0.503 e. The Labute approximate surface area is 181 Å². The summed E-state index contributed by atoms with van der Waals surface area (Å²) in [5.74, 6) is -0.375. The number of aromatic hydroxyl groups is 1. The number of rotatable bonds is 7. The largest absolute Gasteiger partial charge is 0.503 e. The molecule has 3 N–H and O–H groups in total. The zero-order chi connectivity index (χ0) is 21.5. The Kier molecular flexibility index (Phi) is 7.03. The standard InChI is InChI=1S/C22H20BrN3O4/c1-30-19-12-14(11-17(23)22(19)29)13-24-26-21(28)10-9-20(27)25-18-8-4-6-15-5-2-3-7-16(15)18/h2-8,11-13,29H,9-10H2,1H3,(H,25,27)(H,26,28)/b24-13-. The van der Waals surface area contributed by atoms with Crippen LogP contribution in [0.4, 0.5) is 5.69 Å². The maximum atomic E-state index is 12.2. The van der Waals surface area contributed by atoms with Crippen LogP contribution in [0.1, 0.15) is 18.4 Å². The molecule has 0 bridgehead atoms. The third kappa shape index (κ3) is 5.36. The Hall–Kier alpha value is -3.39. The number of carbonyl (C=O) groups excluding carboxylic acids is 2. The fraction of sp³-hybridized carbons (Fsp3) is 0.136. The van der Waals surface area contributed by atoms with E-state index in [-0.39, 0.29) is 36.2 Å². The zero-order valence-corrected chi connectivity index (χ0v) is 17.8. The van der Waals surface area contributed by atoms with Crippen LogP contribution in [-0.2, 0) is 9.59 Å². The average molecular weight is 470 g/mol. The summed E-state index contributed by atoms with van der Waals surface area (Å²) in [5.41, 5.74) is 3.71. The summed E-state index contributed by atoms with van der Waals surface area (Å²) in [7, 11) is 1.44. The Bertz CT molecular complexity index is 1110. The number of nitrogens with one attached hydrogen (secondary N) is 2. The van der Waals surface area contributed by atoms with Gasteiger partial charge in [-0.2, -0.15) is 5.10 Å². The molecule has 0 radical (unpaired) electrons. The van der Waals surface area contributed by atoms with Crippen molar-refractivity contribution in [3.8, 4) is 11.5 Å². The number of amides is 2. The van der Waals surface area contributed by atoms with Crippen molar-refractivity contribution in [3.63, 3.8) is 0 Å². The Morgan fingerprint density at radius 3 is 2.63 bits per heavy atom. The lowest BCUT2D eigenvalue weighted by atomic mass is 10.1. The van der Waals surface area contributed by atoms with Gasteiger partial charge in [0.25, 0.3) is 0 Å². The minimum absolute atomic E-state index is 0.00344. The van der Waals surface area contributed by atoms with Crippen LogP contribution in [0.2, 0.25) is 0 Å². The van der Waals surface area contributed by atoms with Crippen LogP contribution in [0.5, 0.6) is 11.5 Å². The highest BCUT2D eigenvalue weighted by Crippen LogP contribution is 2.34. The molecule has 30 heavy (non-hydrogen) atoms. The molecule has 3 aromatic rings. The normalized spacial score (nSPS) is 10.9. The second-order valence-corrected chi connectivity index (χ2v) is 7.28. The van der Waals surface area contributed by atoms with Crippen molar-refractivity contribution < 1.29 is 19.4 Å². The first-order valence-corrected chi connectivity index (χ1v) is 9.93. The van der Waals surface area contributed by atoms with Crippen LogP contribution in [0.3, 0.4) is 0 Å². The molecule has 8 heteroatoms. The van der Waals surface area contributed by atoms with Gasteiger partial charge in [0.15, 0.2) is 11.5 Å². The molecule has 0 saturated heterocycles. The average Bonchev–Trinajstić information content (AvgIpc) is 2.75. The van der Waals surface area contributed by atoms with Crippen molar-refractivity contribution >= 4 is 50.4 Å². The Morgan fingerprint density at radius 2 is 1.83 bits per heavy atom. The molecule has 154 valence electrons. The number of benzene rings is 3. The number of phenolic OH excluding ortho intramolecular Hbond substituents is 1. The number of phenols is 1. The lowest BCUT2D eigenvalue weighted by Gasteiger charge is -2.08. The number of halogens is 1. The van der Waals surface area contributed by atoms with Crippen LogP contribution in [0.15, 0.2) is 64.2 Å². The van der Waals surface area contributed by atoms with Gasteiger partial charge in [-0.05, 0) is 45.1 Å². The van der Waals surface area contributed by atoms with Gasteiger partial charge in [-0.25, -0.2) is 5.43 Å². The van der Waals surface area contributed by atoms with E-state index in [1.807, 2.05) is 42.5 Å². The lowest BCUT2D eigenvalue weighted by Crippen LogP contribution is -2.20. The molecule has 0 atom stereocenters. The molecule has 0 fully saturated rings. The first-order chi connectivity index (χ1) is 14.5. The number of hydrogen-bond donors (Lipinski definition) is 3. The van der Waals surface area contributed by atoms with Gasteiger partial charge in [-0.1, -0.05) is 36.4 Å². The first kappa shape index (κ1) is 21.3. The molecule has 3 rings (SSSR count). The van der Waals surface area contributed by atoms with Gasteiger partial charge in [0, 0.05) is 23.9 Å². The van der Waals surface area contributed by atoms with Gasteiger partial charge in [0.2, 0.25) is 11.8 Å². The van der Waals surface area contributed by atoms with Crippen molar-refractivity contribution in [1.29, 1.82) is 0 Å². The van der Waals surface area contributed by atoms with Gasteiger partial charge in [0.05, 0.1) is 17.8 Å². The highest BCUT2D eigenvalue weighted by molar-refractivity contribution is 9.10. The van der Waals surface area contributed by atoms with E-state index in [0.29, 0.717) is 15.7 Å². The SMILES string of the molecule is COc1cc(/C=N\NC(=O)CCC(=O)Nc2cccc3ccccc23)cc(Br)c1O. The number of fused-ring (bicyclic) bond motifs is 1. The summed E-state index contributed by atoms with van der Waals surface area (Å²) < 4.78 is 5.51. The maximum absolute atomic E-state index is 12.2. The summed E-state index contributed by atoms with van der Waals surface area (Å²) in [5, 5.41) is 18.5. The van der Waals surface area contributed by atoms with E-state index >= 15 is 0 Å². The van der Waals surface area contributed by atoms with Crippen molar-refractivity contribution in [2.24, 2.45) is 5.10 Å². The number of carbonyl (C=O) groups is 2. The smallest absolute Gasteiger partial charge is 0.240 e. The molecule has 3 aromatic carbocycles. The number of nitrogens with zero attached hydrogens (tertiary/aromatic N) is 1. The predicted octanol–water partition coefficient (Wildman–Crippen LogP) is 4.19. The summed E-state index contributed by atoms with van der Waals surface area (Å²) in [6, 6.07) is 16.6. The molecule has 0 spiro atoms. The molecule has 7 nitrogen and oxygen atoms in total. The minimum atomic E-state index is -0.385. The second-order valence-electron chi connectivity index (χ2n) is 6.42. The van der Waals surface area contributed by atoms with Gasteiger partial charge >= 0.3 is 0 Å². The maximum Gasteiger partial charge on any atom is 0.240 e. The van der Waals surface area contributed by atoms with Gasteiger partial charge < -0.3 is 15.2 Å². The quantitative estimate of drug-likeness (QED) is 0.356. The molecule has 0 aliphatic heterocycles. The van der Waals surface area contributed by atoms with Crippen LogP contribution < -0.4 is 15.5 Å². The fourth-order valence-corrected chi connectivity index (χ4v) is 3.29. The van der Waals surface area contributed by atoms with Gasteiger partial charge in [-0.3, -0.25) is 9.59 Å². The molecule has 0 unspecified atom stereocenters. The van der Waals surface area contributed by atoms with Crippen LogP contribution in [0.25, 0.3) is 10.8 Å². The Balaban J connectivity index is 1.51. The van der Waals surface area contributed by atoms with Crippen LogP contribution in [0, 0.1) is 0 Å². The topological polar surface area (TPSA) is 100 Å². The van der Waals surface area contributed by atoms with E-state index in [1.165, 1.54) is 13.3 Å². The van der Waals surface area contributed by atoms with Crippen LogP contribution >= 0.6 is 15.9 Å². The van der Waals surface area contributed by atoms with E-state index < -0.39 is 0 Å². The summed E-state index contributed by atoms with van der Waals surface area (Å²) >= 11 is 3.22. The number of anilines is 1. The van der Waals surface area contributed by atoms with Gasteiger partial charge in [0.1, 0.15) is 0 Å². The van der Waals surface area contributed by atoms with Crippen molar-refractivity contribution in [2.45, 2.75) is 12.8 Å². The summed E-state index contributed by atoms with van der Waals surface area (Å²) in [6.07, 6.45) is 1.44. The molecule has 0 heterocycles. The van der Waals surface area contributed by atoms with Crippen molar-refractivity contribution in [3.05, 3.63) is 64.6 Å². The second kappa shape index (κ2) is 9.89. The highest BCUT2D eigenvalue weighted by atomic mass is 79.9. The fourth-order valence-electron chi connectivity index (χ4n) is 2.83. The molecular weight excluding hydrogens is 450 g/mol. The number of ether oxygens (including phenoxy) is 1. The molecule has 0 aromatic heterocycles. The molecule has 0 aliphatic rings. The van der Waals surface area contributed by atoms with E-state index in [2.05, 4.69) is 31.8 Å². The molecule has 2 amide bonds. The lowest BCUT2D eigenvalue weighted by molar-refractivity contribution is -0.124. The number of hydrogen-bond acceptors (Lipinski definition) is 5. The van der Waals surface area contributed by atoms with Gasteiger partial charge in [-0.15, -0.1) is 0 Å². The van der Waals surface area contributed by atoms with E-state index in [4.69, 9.17) is 4.74 Å². The zero-order valence-electron chi connectivity index (χ0n) is 16.2. The third-order valence-corrected chi connectivity index (χ3v) is 4.92. The molecule has 0 aliphatic carbocycles. The molecule has 0 saturated carbocycles. The van der Waals surface area contributed by atoms with E-state index in [0.717, 1.165) is 10.8 Å². The molecular formula is C22H20BrN3O4. The van der Waals surface area contributed by atoms with Crippen molar-refractivity contribution in [1.82, 2.24) is 5.43 Å². The number of hydrazone groups is 1.